The largest absolute Gasteiger partial charge is 0.396 e. The average molecular weight is 485 g/mol. The Kier molecular flexibility index (Phi) is 8.43. The maximum Gasteiger partial charge on any atom is 0.240 e. The van der Waals surface area contributed by atoms with Crippen molar-refractivity contribution >= 4 is 15.7 Å². The van der Waals surface area contributed by atoms with Gasteiger partial charge in [0.15, 0.2) is 0 Å². The molecule has 2 fully saturated rings. The van der Waals surface area contributed by atoms with Crippen LogP contribution in [0.2, 0.25) is 0 Å². The van der Waals surface area contributed by atoms with E-state index in [1.165, 1.54) is 6.07 Å². The van der Waals surface area contributed by atoms with Crippen LogP contribution >= 0.6 is 0 Å². The minimum absolute atomic E-state index is 0.0570. The van der Waals surface area contributed by atoms with Crippen molar-refractivity contribution in [3.05, 3.63) is 24.0 Å². The molecule has 2 heterocycles. The molecule has 1 aromatic carbocycles. The van der Waals surface area contributed by atoms with Gasteiger partial charge in [-0.2, -0.15) is 0 Å². The third kappa shape index (κ3) is 6.88. The Morgan fingerprint density at radius 1 is 1.15 bits per heavy atom. The summed E-state index contributed by atoms with van der Waals surface area (Å²) in [5, 5.41) is 9.82. The van der Waals surface area contributed by atoms with Gasteiger partial charge in [0.05, 0.1) is 10.6 Å². The fourth-order valence-corrected chi connectivity index (χ4v) is 6.11. The number of nitrogens with one attached hydrogen (secondary N) is 1. The third-order valence-electron chi connectivity index (χ3n) is 6.99. The number of aliphatic hydroxyl groups excluding tert-OH is 1. The zero-order valence-corrected chi connectivity index (χ0v) is 21.5. The second kappa shape index (κ2) is 10.6. The molecule has 33 heavy (non-hydrogen) atoms. The highest BCUT2D eigenvalue weighted by atomic mass is 32.2. The smallest absolute Gasteiger partial charge is 0.240 e. The fourth-order valence-electron chi connectivity index (χ4n) is 4.98. The van der Waals surface area contributed by atoms with Gasteiger partial charge in [-0.15, -0.1) is 0 Å². The first-order valence-electron chi connectivity index (χ1n) is 12.0. The molecule has 0 aliphatic carbocycles. The number of anilines is 1. The van der Waals surface area contributed by atoms with Crippen molar-refractivity contribution in [1.82, 2.24) is 14.5 Å². The number of aliphatic hydroxyl groups is 1. The Hall–Kier alpha value is -1.26. The van der Waals surface area contributed by atoms with E-state index in [1.54, 1.807) is 6.07 Å². The Morgan fingerprint density at radius 2 is 1.79 bits per heavy atom. The highest BCUT2D eigenvalue weighted by Gasteiger charge is 2.36. The van der Waals surface area contributed by atoms with E-state index in [1.807, 2.05) is 11.8 Å². The topological polar surface area (TPSA) is 76.1 Å². The van der Waals surface area contributed by atoms with Crippen LogP contribution < -0.4 is 9.62 Å². The van der Waals surface area contributed by atoms with Crippen LogP contribution in [0.4, 0.5) is 10.1 Å². The summed E-state index contributed by atoms with van der Waals surface area (Å²) in [6, 6.07) is 4.22. The molecule has 2 N–H and O–H groups in total. The van der Waals surface area contributed by atoms with E-state index >= 15 is 4.39 Å². The van der Waals surface area contributed by atoms with Gasteiger partial charge in [0.2, 0.25) is 10.0 Å². The average Bonchev–Trinajstić information content (AvgIpc) is 3.13. The van der Waals surface area contributed by atoms with Gasteiger partial charge in [0.25, 0.3) is 0 Å². The first kappa shape index (κ1) is 26.3. The van der Waals surface area contributed by atoms with Gasteiger partial charge in [0.1, 0.15) is 5.82 Å². The van der Waals surface area contributed by atoms with Gasteiger partial charge < -0.3 is 14.9 Å². The number of rotatable bonds is 8. The molecule has 2 saturated heterocycles. The van der Waals surface area contributed by atoms with Gasteiger partial charge in [-0.3, -0.25) is 4.90 Å². The van der Waals surface area contributed by atoms with Crippen LogP contribution in [-0.4, -0.2) is 88.8 Å². The summed E-state index contributed by atoms with van der Waals surface area (Å²) >= 11 is 0. The summed E-state index contributed by atoms with van der Waals surface area (Å²) in [5.41, 5.74) is 0.520. The molecule has 9 heteroatoms. The summed E-state index contributed by atoms with van der Waals surface area (Å²) in [6.45, 7) is 13.8. The number of likely N-dealkylation sites (N-methyl/N-ethyl adjacent to an activating group) is 1. The summed E-state index contributed by atoms with van der Waals surface area (Å²) < 4.78 is 43.3. The normalized spacial score (nSPS) is 24.4. The van der Waals surface area contributed by atoms with Crippen LogP contribution in [0, 0.1) is 23.1 Å². The molecule has 0 spiro atoms. The van der Waals surface area contributed by atoms with E-state index in [0.717, 1.165) is 38.7 Å². The first-order chi connectivity index (χ1) is 15.4. The Labute approximate surface area is 199 Å². The molecule has 2 aliphatic rings. The van der Waals surface area contributed by atoms with Crippen LogP contribution in [0.25, 0.3) is 0 Å². The lowest BCUT2D eigenvalue weighted by molar-refractivity contribution is 0.120. The summed E-state index contributed by atoms with van der Waals surface area (Å²) in [5.74, 6) is -0.182. The number of hydrogen-bond donors (Lipinski definition) is 2. The highest BCUT2D eigenvalue weighted by molar-refractivity contribution is 7.89. The minimum atomic E-state index is -3.80. The monoisotopic (exact) mass is 484 g/mol. The molecular weight excluding hydrogens is 443 g/mol. The van der Waals surface area contributed by atoms with Crippen molar-refractivity contribution in [3.63, 3.8) is 0 Å². The molecule has 2 aliphatic heterocycles. The second-order valence-corrected chi connectivity index (χ2v) is 12.8. The van der Waals surface area contributed by atoms with Crippen molar-refractivity contribution in [3.8, 4) is 0 Å². The second-order valence-electron chi connectivity index (χ2n) is 11.0. The Bertz CT molecular complexity index is 897. The van der Waals surface area contributed by atoms with E-state index in [4.69, 9.17) is 0 Å². The zero-order chi connectivity index (χ0) is 24.4. The molecule has 0 aromatic heterocycles. The predicted molar refractivity (Wildman–Crippen MR) is 130 cm³/mol. The molecule has 1 aromatic rings. The van der Waals surface area contributed by atoms with E-state index in [-0.39, 0.29) is 41.3 Å². The van der Waals surface area contributed by atoms with Crippen molar-refractivity contribution < 1.29 is 17.9 Å². The Balaban J connectivity index is 1.64. The lowest BCUT2D eigenvalue weighted by atomic mass is 9.80. The number of halogens is 1. The van der Waals surface area contributed by atoms with Gasteiger partial charge >= 0.3 is 0 Å². The summed E-state index contributed by atoms with van der Waals surface area (Å²) in [4.78, 5) is 6.40. The molecule has 188 valence electrons. The summed E-state index contributed by atoms with van der Waals surface area (Å²) in [6.07, 6.45) is 0.943. The molecule has 3 atom stereocenters. The van der Waals surface area contributed by atoms with E-state index in [2.05, 4.69) is 42.3 Å². The number of piperazine rings is 1. The molecule has 0 saturated carbocycles. The number of benzene rings is 1. The van der Waals surface area contributed by atoms with Gasteiger partial charge in [0, 0.05) is 64.4 Å². The molecule has 1 unspecified atom stereocenters. The number of sulfonamides is 1. The summed E-state index contributed by atoms with van der Waals surface area (Å²) in [7, 11) is -1.72. The molecule has 0 amide bonds. The van der Waals surface area contributed by atoms with Crippen LogP contribution in [0.15, 0.2) is 23.1 Å². The highest BCUT2D eigenvalue weighted by Crippen LogP contribution is 2.37. The molecule has 3 rings (SSSR count). The fraction of sp³-hybridized carbons (Fsp3) is 0.750. The SMILES string of the molecule is CC(CNS(=O)(=O)c1ccc(N2C[C@@H](CO)[C@H](CC(C)(C)C)C2)c(F)c1)N1CCN(C)CC1. The van der Waals surface area contributed by atoms with Crippen molar-refractivity contribution in [2.75, 3.05) is 64.4 Å². The van der Waals surface area contributed by atoms with E-state index < -0.39 is 15.8 Å². The lowest BCUT2D eigenvalue weighted by Crippen LogP contribution is -2.51. The van der Waals surface area contributed by atoms with Crippen LogP contribution in [0.1, 0.15) is 34.1 Å². The van der Waals surface area contributed by atoms with Crippen molar-refractivity contribution in [2.24, 2.45) is 17.3 Å². The zero-order valence-electron chi connectivity index (χ0n) is 20.7. The van der Waals surface area contributed by atoms with E-state index in [0.29, 0.717) is 18.8 Å². The molecular formula is C24H41FN4O3S. The van der Waals surface area contributed by atoms with E-state index in [9.17, 15) is 13.5 Å². The molecule has 0 radical (unpaired) electrons. The number of hydrogen-bond acceptors (Lipinski definition) is 6. The van der Waals surface area contributed by atoms with Gasteiger partial charge in [-0.25, -0.2) is 17.5 Å². The standard InChI is InChI=1S/C24H41FN4O3S/c1-18(28-10-8-27(5)9-11-28)14-26-33(31,32)21-6-7-23(22(25)12-21)29-15-19(13-24(2,3)4)20(16-29)17-30/h6-7,12,18-20,26,30H,8-11,13-17H2,1-5H3/t18?,19-,20+/m1/s1. The van der Waals surface area contributed by atoms with Crippen LogP contribution in [-0.2, 0) is 10.0 Å². The lowest BCUT2D eigenvalue weighted by Gasteiger charge is -2.36. The van der Waals surface area contributed by atoms with Crippen LogP contribution in [0.5, 0.6) is 0 Å². The maximum atomic E-state index is 15.0. The predicted octanol–water partition coefficient (Wildman–Crippen LogP) is 2.22. The third-order valence-corrected chi connectivity index (χ3v) is 8.41. The number of nitrogens with zero attached hydrogens (tertiary/aromatic N) is 3. The van der Waals surface area contributed by atoms with Crippen molar-refractivity contribution in [2.45, 2.75) is 45.1 Å². The maximum absolute atomic E-state index is 15.0. The van der Waals surface area contributed by atoms with Gasteiger partial charge in [-0.05, 0) is 49.9 Å². The van der Waals surface area contributed by atoms with Crippen LogP contribution in [0.3, 0.4) is 0 Å². The quantitative estimate of drug-likeness (QED) is 0.589. The Morgan fingerprint density at radius 3 is 2.36 bits per heavy atom. The molecule has 7 nitrogen and oxygen atoms in total. The molecule has 0 bridgehead atoms. The van der Waals surface area contributed by atoms with Gasteiger partial charge in [-0.1, -0.05) is 20.8 Å². The minimum Gasteiger partial charge on any atom is -0.396 e. The van der Waals surface area contributed by atoms with Crippen molar-refractivity contribution in [1.29, 1.82) is 0 Å². The first-order valence-corrected chi connectivity index (χ1v) is 13.5.